The van der Waals surface area contributed by atoms with Gasteiger partial charge in [0.05, 0.1) is 40.3 Å². The summed E-state index contributed by atoms with van der Waals surface area (Å²) in [6, 6.07) is 7.59. The number of ether oxygens (including phenoxy) is 2. The fraction of sp³-hybridized carbons (Fsp3) is 0.381. The number of methoxy groups -OCH3 is 1. The number of hydrogen-bond acceptors (Lipinski definition) is 6. The molecule has 3 N–H and O–H groups in total. The Morgan fingerprint density at radius 3 is 2.47 bits per heavy atom. The number of benzene rings is 2. The van der Waals surface area contributed by atoms with Gasteiger partial charge in [0.1, 0.15) is 5.75 Å². The third kappa shape index (κ3) is 6.15. The van der Waals surface area contributed by atoms with E-state index in [0.717, 1.165) is 50.6 Å². The van der Waals surface area contributed by atoms with Crippen LogP contribution >= 0.6 is 31.9 Å². The molecular formula is C21H25Br2N3O5S. The number of sulfonamides is 1. The van der Waals surface area contributed by atoms with Gasteiger partial charge in [0, 0.05) is 6.04 Å². The van der Waals surface area contributed by atoms with Crippen LogP contribution in [0.1, 0.15) is 29.7 Å². The third-order valence-electron chi connectivity index (χ3n) is 4.95. The molecule has 0 spiro atoms. The van der Waals surface area contributed by atoms with Crippen LogP contribution in [0.5, 0.6) is 5.75 Å². The first-order chi connectivity index (χ1) is 15.1. The van der Waals surface area contributed by atoms with Crippen LogP contribution in [-0.2, 0) is 27.6 Å². The molecule has 0 saturated carbocycles. The van der Waals surface area contributed by atoms with Gasteiger partial charge in [-0.2, -0.15) is 0 Å². The van der Waals surface area contributed by atoms with Crippen LogP contribution in [0.3, 0.4) is 0 Å². The summed E-state index contributed by atoms with van der Waals surface area (Å²) in [5, 5.41) is 6.17. The lowest BCUT2D eigenvalue weighted by Crippen LogP contribution is -2.31. The van der Waals surface area contributed by atoms with Crippen molar-refractivity contribution in [3.8, 4) is 5.75 Å². The van der Waals surface area contributed by atoms with Gasteiger partial charge in [-0.3, -0.25) is 10.0 Å². The van der Waals surface area contributed by atoms with Gasteiger partial charge in [-0.05, 0) is 99.1 Å². The summed E-state index contributed by atoms with van der Waals surface area (Å²) in [6.07, 6.45) is 1.85. The number of nitrogens with one attached hydrogen (secondary N) is 3. The maximum atomic E-state index is 12.1. The molecule has 0 radical (unpaired) electrons. The zero-order valence-electron chi connectivity index (χ0n) is 17.9. The molecule has 1 aliphatic rings. The highest BCUT2D eigenvalue weighted by molar-refractivity contribution is 9.11. The number of amides is 1. The van der Waals surface area contributed by atoms with E-state index in [1.165, 1.54) is 0 Å². The van der Waals surface area contributed by atoms with Crippen molar-refractivity contribution >= 4 is 59.4 Å². The minimum Gasteiger partial charge on any atom is -0.494 e. The summed E-state index contributed by atoms with van der Waals surface area (Å²) in [5.41, 5.74) is 3.74. The van der Waals surface area contributed by atoms with Gasteiger partial charge in [-0.15, -0.1) is 0 Å². The van der Waals surface area contributed by atoms with Crippen LogP contribution in [0.25, 0.3) is 0 Å². The van der Waals surface area contributed by atoms with Crippen LogP contribution in [0.15, 0.2) is 33.2 Å². The molecule has 0 aliphatic carbocycles. The van der Waals surface area contributed by atoms with E-state index in [-0.39, 0.29) is 12.6 Å². The van der Waals surface area contributed by atoms with E-state index >= 15 is 0 Å². The Morgan fingerprint density at radius 1 is 1.19 bits per heavy atom. The molecule has 2 aromatic carbocycles. The Balaban J connectivity index is 1.98. The Morgan fingerprint density at radius 2 is 1.88 bits per heavy atom. The first-order valence-electron chi connectivity index (χ1n) is 9.95. The van der Waals surface area contributed by atoms with Crippen molar-refractivity contribution in [3.05, 3.63) is 49.9 Å². The summed E-state index contributed by atoms with van der Waals surface area (Å²) < 4.78 is 38.3. The topological polar surface area (TPSA) is 106 Å². The molecule has 174 valence electrons. The van der Waals surface area contributed by atoms with Crippen LogP contribution in [0, 0.1) is 0 Å². The Labute approximate surface area is 204 Å². The Bertz CT molecular complexity index is 1100. The van der Waals surface area contributed by atoms with E-state index < -0.39 is 16.1 Å². The quantitative estimate of drug-likeness (QED) is 0.435. The number of hydrogen-bond donors (Lipinski definition) is 3. The summed E-state index contributed by atoms with van der Waals surface area (Å²) in [6.45, 7) is 2.66. The van der Waals surface area contributed by atoms with E-state index in [9.17, 15) is 13.2 Å². The van der Waals surface area contributed by atoms with Crippen LogP contribution < -0.4 is 20.1 Å². The fourth-order valence-electron chi connectivity index (χ4n) is 3.70. The van der Waals surface area contributed by atoms with Crippen molar-refractivity contribution in [2.24, 2.45) is 0 Å². The highest BCUT2D eigenvalue weighted by Crippen LogP contribution is 2.38. The third-order valence-corrected chi connectivity index (χ3v) is 6.72. The molecule has 0 fully saturated rings. The molecule has 1 heterocycles. The lowest BCUT2D eigenvalue weighted by molar-refractivity contribution is 0.168. The van der Waals surface area contributed by atoms with Gasteiger partial charge in [0.25, 0.3) is 0 Å². The fourth-order valence-corrected chi connectivity index (χ4v) is 5.87. The monoisotopic (exact) mass is 589 g/mol. The molecule has 1 atom stereocenters. The normalized spacial score (nSPS) is 15.6. The second kappa shape index (κ2) is 10.4. The van der Waals surface area contributed by atoms with Gasteiger partial charge in [-0.25, -0.2) is 13.2 Å². The van der Waals surface area contributed by atoms with Crippen molar-refractivity contribution in [1.82, 2.24) is 5.32 Å². The molecule has 3 rings (SSSR count). The first kappa shape index (κ1) is 24.8. The number of carbonyl (C=O) groups is 1. The van der Waals surface area contributed by atoms with E-state index in [0.29, 0.717) is 17.8 Å². The van der Waals surface area contributed by atoms with Gasteiger partial charge in [0.15, 0.2) is 0 Å². The van der Waals surface area contributed by atoms with Crippen molar-refractivity contribution in [1.29, 1.82) is 0 Å². The highest BCUT2D eigenvalue weighted by atomic mass is 79.9. The SMILES string of the molecule is CCOC(=O)Nc1cc2c(cc1NS(C)(=O)=O)CCNC2Cc1cc(Br)c(OC)c(Br)c1. The van der Waals surface area contributed by atoms with Crippen molar-refractivity contribution in [3.63, 3.8) is 0 Å². The minimum absolute atomic E-state index is 0.0269. The number of anilines is 2. The highest BCUT2D eigenvalue weighted by Gasteiger charge is 2.24. The molecule has 1 amide bonds. The van der Waals surface area contributed by atoms with Gasteiger partial charge >= 0.3 is 6.09 Å². The molecule has 11 heteroatoms. The Kier molecular flexibility index (Phi) is 8.07. The van der Waals surface area contributed by atoms with Crippen molar-refractivity contribution in [2.45, 2.75) is 25.8 Å². The van der Waals surface area contributed by atoms with Crippen LogP contribution in [0.2, 0.25) is 0 Å². The molecule has 2 aromatic rings. The average Bonchev–Trinajstić information content (AvgIpc) is 2.68. The second-order valence-electron chi connectivity index (χ2n) is 7.37. The average molecular weight is 591 g/mol. The van der Waals surface area contributed by atoms with Gasteiger partial charge in [-0.1, -0.05) is 0 Å². The lowest BCUT2D eigenvalue weighted by atomic mass is 9.89. The summed E-state index contributed by atoms with van der Waals surface area (Å²) in [5.74, 6) is 0.725. The number of halogens is 2. The summed E-state index contributed by atoms with van der Waals surface area (Å²) >= 11 is 7.09. The second-order valence-corrected chi connectivity index (χ2v) is 10.8. The standard InChI is InChI=1S/C21H25Br2N3O5S/c1-4-31-21(27)25-18-11-14-13(10-19(18)26-32(3,28)29)5-6-24-17(14)9-12-7-15(22)20(30-2)16(23)8-12/h7-8,10-11,17,24,26H,4-6,9H2,1-3H3,(H,25,27). The van der Waals surface area contributed by atoms with Gasteiger partial charge in [0.2, 0.25) is 10.0 Å². The van der Waals surface area contributed by atoms with E-state index in [2.05, 4.69) is 47.2 Å². The molecule has 0 aromatic heterocycles. The van der Waals surface area contributed by atoms with Crippen LogP contribution in [-0.4, -0.2) is 41.0 Å². The minimum atomic E-state index is -3.53. The number of fused-ring (bicyclic) bond motifs is 1. The molecule has 0 saturated heterocycles. The number of rotatable bonds is 7. The maximum Gasteiger partial charge on any atom is 0.411 e. The predicted molar refractivity (Wildman–Crippen MR) is 132 cm³/mol. The van der Waals surface area contributed by atoms with Gasteiger partial charge < -0.3 is 14.8 Å². The molecule has 8 nitrogen and oxygen atoms in total. The van der Waals surface area contributed by atoms with Crippen LogP contribution in [0.4, 0.5) is 16.2 Å². The zero-order chi connectivity index (χ0) is 23.5. The summed E-state index contributed by atoms with van der Waals surface area (Å²) in [4.78, 5) is 12.1. The Hall–Kier alpha value is -1.82. The molecule has 1 unspecified atom stereocenters. The van der Waals surface area contributed by atoms with Crippen molar-refractivity contribution < 1.29 is 22.7 Å². The first-order valence-corrected chi connectivity index (χ1v) is 13.4. The van der Waals surface area contributed by atoms with E-state index in [4.69, 9.17) is 9.47 Å². The van der Waals surface area contributed by atoms with Crippen molar-refractivity contribution in [2.75, 3.05) is 36.6 Å². The lowest BCUT2D eigenvalue weighted by Gasteiger charge is -2.29. The predicted octanol–water partition coefficient (Wildman–Crippen LogP) is 4.59. The molecule has 0 bridgehead atoms. The van der Waals surface area contributed by atoms with E-state index in [1.54, 1.807) is 20.1 Å². The molecule has 1 aliphatic heterocycles. The summed E-state index contributed by atoms with van der Waals surface area (Å²) in [7, 11) is -1.92. The zero-order valence-corrected chi connectivity index (χ0v) is 21.9. The van der Waals surface area contributed by atoms with E-state index in [1.807, 2.05) is 18.2 Å². The largest absolute Gasteiger partial charge is 0.494 e. The molecule has 32 heavy (non-hydrogen) atoms. The smallest absolute Gasteiger partial charge is 0.411 e. The maximum absolute atomic E-state index is 12.1. The molecular weight excluding hydrogens is 566 g/mol. The number of carbonyl (C=O) groups excluding carboxylic acids is 1.